The van der Waals surface area contributed by atoms with Crippen molar-refractivity contribution in [3.05, 3.63) is 60.7 Å². The molecule has 2 heteroatoms. The van der Waals surface area contributed by atoms with Crippen LogP contribution >= 0.6 is 2.66 Å². The summed E-state index contributed by atoms with van der Waals surface area (Å²) in [5.41, 5.74) is 0. The molecule has 0 saturated heterocycles. The van der Waals surface area contributed by atoms with Crippen molar-refractivity contribution in [2.24, 2.45) is 0 Å². The molecular weight excluding hydrogens is 315 g/mol. The number of hydrogen-bond donors (Lipinski definition) is 0. The SMILES string of the molecule is [Ce][P](c1ccccc1)c1ccccc1. The van der Waals surface area contributed by atoms with Crippen LogP contribution in [-0.4, -0.2) is 0 Å². The summed E-state index contributed by atoms with van der Waals surface area (Å²) >= 11 is 1.23. The molecule has 0 aliphatic carbocycles. The van der Waals surface area contributed by atoms with Crippen LogP contribution in [0.3, 0.4) is 0 Å². The van der Waals surface area contributed by atoms with Crippen LogP contribution in [0, 0.1) is 38.9 Å². The quantitative estimate of drug-likeness (QED) is 0.745. The average molecular weight is 325 g/mol. The standard InChI is InChI=1S/C12H10P.Ce/c1-3-7-11(8-4-1)13-12-9-5-2-6-10-12;/h1-10H;/q-1;+1. The van der Waals surface area contributed by atoms with Crippen molar-refractivity contribution < 1.29 is 38.9 Å². The van der Waals surface area contributed by atoms with Crippen molar-refractivity contribution in [1.29, 1.82) is 0 Å². The number of rotatable bonds is 2. The van der Waals surface area contributed by atoms with Crippen LogP contribution in [0.5, 0.6) is 0 Å². The van der Waals surface area contributed by atoms with Gasteiger partial charge in [0.05, 0.1) is 0 Å². The van der Waals surface area contributed by atoms with E-state index < -0.39 is 0 Å². The van der Waals surface area contributed by atoms with Crippen LogP contribution in [-0.2, 0) is 0 Å². The van der Waals surface area contributed by atoms with Crippen LogP contribution in [0.1, 0.15) is 0 Å². The van der Waals surface area contributed by atoms with Crippen molar-refractivity contribution in [3.63, 3.8) is 0 Å². The van der Waals surface area contributed by atoms with Crippen LogP contribution in [0.2, 0.25) is 0 Å². The Labute approximate surface area is 111 Å². The maximum absolute atomic E-state index is 2.24. The van der Waals surface area contributed by atoms with Crippen molar-refractivity contribution in [2.45, 2.75) is 0 Å². The molecule has 0 aliphatic heterocycles. The van der Waals surface area contributed by atoms with E-state index in [1.165, 1.54) is 49.5 Å². The molecule has 0 aromatic heterocycles. The molecule has 2 aromatic carbocycles. The first kappa shape index (κ1) is 10.8. The number of benzene rings is 2. The average Bonchev–Trinajstić information content (AvgIpc) is 2.30. The zero-order valence-electron chi connectivity index (χ0n) is 7.72. The summed E-state index contributed by atoms with van der Waals surface area (Å²) in [6.07, 6.45) is 0. The van der Waals surface area contributed by atoms with E-state index in [-0.39, 0.29) is 2.66 Å². The molecule has 0 unspecified atom stereocenters. The van der Waals surface area contributed by atoms with Gasteiger partial charge in [0, 0.05) is 0 Å². The van der Waals surface area contributed by atoms with Crippen molar-refractivity contribution in [1.82, 2.24) is 0 Å². The van der Waals surface area contributed by atoms with Gasteiger partial charge in [0.1, 0.15) is 0 Å². The molecule has 2 rings (SSSR count). The Morgan fingerprint density at radius 2 is 1.00 bits per heavy atom. The van der Waals surface area contributed by atoms with Crippen LogP contribution in [0.4, 0.5) is 0 Å². The van der Waals surface area contributed by atoms with Gasteiger partial charge in [-0.15, -0.1) is 0 Å². The Hall–Kier alpha value is 0.247. The van der Waals surface area contributed by atoms with Crippen molar-refractivity contribution >= 4 is 13.3 Å². The van der Waals surface area contributed by atoms with E-state index in [9.17, 15) is 0 Å². The Bertz CT molecular complexity index is 346. The molecule has 0 bridgehead atoms. The third-order valence-electron chi connectivity index (χ3n) is 2.03. The molecule has 0 nitrogen and oxygen atoms in total. The van der Waals surface area contributed by atoms with Crippen molar-refractivity contribution in [3.8, 4) is 0 Å². The summed E-state index contributed by atoms with van der Waals surface area (Å²) in [5, 5.41) is 3.00. The fourth-order valence-electron chi connectivity index (χ4n) is 1.30. The van der Waals surface area contributed by atoms with Gasteiger partial charge in [0.15, 0.2) is 0 Å². The van der Waals surface area contributed by atoms with E-state index in [0.717, 1.165) is 0 Å². The van der Waals surface area contributed by atoms with Gasteiger partial charge in [-0.2, -0.15) is 0 Å². The van der Waals surface area contributed by atoms with Gasteiger partial charge >= 0.3 is 113 Å². The molecule has 0 fully saturated rings. The molecule has 0 radical (unpaired) electrons. The second-order valence-corrected chi connectivity index (χ2v) is 8.92. The van der Waals surface area contributed by atoms with E-state index in [0.29, 0.717) is 0 Å². The summed E-state index contributed by atoms with van der Waals surface area (Å²) in [4.78, 5) is 0. The van der Waals surface area contributed by atoms with E-state index in [1.807, 2.05) is 0 Å². The van der Waals surface area contributed by atoms with Gasteiger partial charge < -0.3 is 0 Å². The predicted octanol–water partition coefficient (Wildman–Crippen LogP) is 2.58. The van der Waals surface area contributed by atoms with E-state index in [1.54, 1.807) is 0 Å². The van der Waals surface area contributed by atoms with E-state index in [4.69, 9.17) is 0 Å². The fourth-order valence-corrected chi connectivity index (χ4v) is 5.35. The molecule has 0 N–H and O–H groups in total. The molecule has 0 atom stereocenters. The second-order valence-electron chi connectivity index (χ2n) is 3.01. The third kappa shape index (κ3) is 2.63. The van der Waals surface area contributed by atoms with Gasteiger partial charge in [0.25, 0.3) is 0 Å². The van der Waals surface area contributed by atoms with Crippen LogP contribution in [0.25, 0.3) is 0 Å². The third-order valence-corrected chi connectivity index (χ3v) is 8.52. The van der Waals surface area contributed by atoms with Gasteiger partial charge in [-0.1, -0.05) is 0 Å². The second kappa shape index (κ2) is 5.36. The first-order valence-corrected chi connectivity index (χ1v) is 10.0. The summed E-state index contributed by atoms with van der Waals surface area (Å²) in [6, 6.07) is 21.7. The minimum absolute atomic E-state index is 0.0319. The summed E-state index contributed by atoms with van der Waals surface area (Å²) < 4.78 is -0.0319. The Morgan fingerprint density at radius 1 is 0.643 bits per heavy atom. The molecule has 0 heterocycles. The monoisotopic (exact) mass is 325 g/mol. The summed E-state index contributed by atoms with van der Waals surface area (Å²) in [6.45, 7) is 0. The normalized spacial score (nSPS) is 10.3. The molecule has 14 heavy (non-hydrogen) atoms. The molecule has 0 aliphatic rings. The predicted molar refractivity (Wildman–Crippen MR) is 59.1 cm³/mol. The zero-order valence-corrected chi connectivity index (χ0v) is 11.8. The van der Waals surface area contributed by atoms with Gasteiger partial charge in [-0.05, 0) is 0 Å². The molecule has 67 valence electrons. The van der Waals surface area contributed by atoms with E-state index in [2.05, 4.69) is 60.7 Å². The first-order valence-electron chi connectivity index (χ1n) is 4.49. The van der Waals surface area contributed by atoms with Gasteiger partial charge in [-0.25, -0.2) is 0 Å². The minimum atomic E-state index is -0.0319. The molecule has 0 saturated carbocycles. The Kier molecular flexibility index (Phi) is 4.12. The van der Waals surface area contributed by atoms with Gasteiger partial charge in [0.2, 0.25) is 0 Å². The molecule has 0 spiro atoms. The molecular formula is C12H10CeP. The van der Waals surface area contributed by atoms with E-state index >= 15 is 0 Å². The van der Waals surface area contributed by atoms with Crippen molar-refractivity contribution in [2.75, 3.05) is 0 Å². The zero-order chi connectivity index (χ0) is 9.80. The molecule has 0 amide bonds. The van der Waals surface area contributed by atoms with Crippen LogP contribution in [0.15, 0.2) is 60.7 Å². The topological polar surface area (TPSA) is 0 Å². The first-order chi connectivity index (χ1) is 6.88. The maximum atomic E-state index is 2.24. The Morgan fingerprint density at radius 3 is 1.36 bits per heavy atom. The molecule has 2 aromatic rings. The van der Waals surface area contributed by atoms with Gasteiger partial charge in [-0.3, -0.25) is 0 Å². The summed E-state index contributed by atoms with van der Waals surface area (Å²) in [7, 11) is 0. The van der Waals surface area contributed by atoms with Crippen LogP contribution < -0.4 is 10.6 Å². The summed E-state index contributed by atoms with van der Waals surface area (Å²) in [5.74, 6) is 0. The fraction of sp³-hybridized carbons (Fsp3) is 0. The Balaban J connectivity index is 2.30. The number of hydrogen-bond acceptors (Lipinski definition) is 0.